The minimum absolute atomic E-state index is 0.118. The summed E-state index contributed by atoms with van der Waals surface area (Å²) in [6.45, 7) is 4.39. The molecule has 2 unspecified atom stereocenters. The van der Waals surface area contributed by atoms with Crippen molar-refractivity contribution in [2.45, 2.75) is 48.9 Å². The molecule has 1 amide bonds. The van der Waals surface area contributed by atoms with E-state index < -0.39 is 56.8 Å². The van der Waals surface area contributed by atoms with Crippen molar-refractivity contribution < 1.29 is 39.9 Å². The number of ether oxygens (including phenoxy) is 1. The molecule has 0 saturated carbocycles. The fourth-order valence-corrected chi connectivity index (χ4v) is 5.47. The first kappa shape index (κ1) is 34.1. The molecule has 0 radical (unpaired) electrons. The van der Waals surface area contributed by atoms with Gasteiger partial charge in [-0.2, -0.15) is 13.2 Å². The first-order chi connectivity index (χ1) is 17.6. The van der Waals surface area contributed by atoms with Gasteiger partial charge in [-0.05, 0) is 44.7 Å². The van der Waals surface area contributed by atoms with Gasteiger partial charge in [0.05, 0.1) is 16.2 Å². The number of carbonyl (C=O) groups is 1. The molecule has 0 aliphatic carbocycles. The monoisotopic (exact) mass is 586 g/mol. The number of halogens is 5. The molecule has 0 spiro atoms. The Morgan fingerprint density at radius 1 is 1.24 bits per heavy atom. The van der Waals surface area contributed by atoms with Crippen molar-refractivity contribution in [3.05, 3.63) is 53.8 Å². The fraction of sp³-hybridized carbons (Fsp3) is 0.560. The molecule has 1 aliphatic rings. The van der Waals surface area contributed by atoms with Crippen LogP contribution in [0.5, 0.6) is 0 Å². The second kappa shape index (κ2) is 14.0. The Bertz CT molecular complexity index is 1110. The van der Waals surface area contributed by atoms with E-state index in [1.165, 1.54) is 39.1 Å². The van der Waals surface area contributed by atoms with Gasteiger partial charge in [0.2, 0.25) is 0 Å². The molecule has 0 aromatic heterocycles. The number of benzene rings is 1. The maximum absolute atomic E-state index is 14.5. The maximum atomic E-state index is 14.5. The summed E-state index contributed by atoms with van der Waals surface area (Å²) in [7, 11) is -1.07. The molecule has 1 aromatic rings. The summed E-state index contributed by atoms with van der Waals surface area (Å²) >= 11 is 0. The Kier molecular flexibility index (Phi) is 12.5. The second-order valence-corrected chi connectivity index (χ2v) is 12.4. The molecule has 2 rings (SSSR count). The highest BCUT2D eigenvalue weighted by Gasteiger charge is 2.45. The molecule has 1 saturated heterocycles. The largest absolute Gasteiger partial charge is 0.413 e. The Morgan fingerprint density at radius 3 is 2.42 bits per heavy atom. The van der Waals surface area contributed by atoms with Crippen LogP contribution in [0.2, 0.25) is 0 Å². The molecular formula is C25H36F5N2O4PS. The quantitative estimate of drug-likeness (QED) is 0.253. The van der Waals surface area contributed by atoms with E-state index in [0.29, 0.717) is 0 Å². The average molecular weight is 587 g/mol. The molecular weight excluding hydrogens is 550 g/mol. The zero-order valence-electron chi connectivity index (χ0n) is 22.1. The SMILES string of the molecule is CC.CNC/C(=C\C=C\N1C[C@@H](C(C)(C)S(=O)(=O)c2cccc(C(F)(P)CF)c2)COCC1=O)C(F)(F)F. The first-order valence-electron chi connectivity index (χ1n) is 11.9. The van der Waals surface area contributed by atoms with Crippen LogP contribution in [-0.2, 0) is 24.8 Å². The van der Waals surface area contributed by atoms with Crippen molar-refractivity contribution in [3.63, 3.8) is 0 Å². The molecule has 38 heavy (non-hydrogen) atoms. The number of likely N-dealkylation sites (N-methyl/N-ethyl adjacent to an activating group) is 1. The highest BCUT2D eigenvalue weighted by Crippen LogP contribution is 2.38. The van der Waals surface area contributed by atoms with E-state index in [1.54, 1.807) is 9.24 Å². The molecule has 216 valence electrons. The van der Waals surface area contributed by atoms with Crippen LogP contribution in [0.1, 0.15) is 33.3 Å². The summed E-state index contributed by atoms with van der Waals surface area (Å²) in [4.78, 5) is 13.3. The van der Waals surface area contributed by atoms with Crippen LogP contribution in [0, 0.1) is 5.92 Å². The van der Waals surface area contributed by atoms with Gasteiger partial charge >= 0.3 is 6.18 Å². The van der Waals surface area contributed by atoms with Crippen LogP contribution in [-0.4, -0.2) is 70.2 Å². The third kappa shape index (κ3) is 8.31. The average Bonchev–Trinajstić information content (AvgIpc) is 3.05. The lowest BCUT2D eigenvalue weighted by Gasteiger charge is -2.34. The van der Waals surface area contributed by atoms with E-state index in [-0.39, 0.29) is 30.2 Å². The molecule has 1 fully saturated rings. The Morgan fingerprint density at radius 2 is 1.87 bits per heavy atom. The summed E-state index contributed by atoms with van der Waals surface area (Å²) in [5.41, 5.74) is -1.03. The highest BCUT2D eigenvalue weighted by molar-refractivity contribution is 7.92. The minimum atomic E-state index is -4.57. The Labute approximate surface area is 223 Å². The maximum Gasteiger partial charge on any atom is 0.413 e. The topological polar surface area (TPSA) is 75.7 Å². The third-order valence-electron chi connectivity index (χ3n) is 6.07. The van der Waals surface area contributed by atoms with Crippen LogP contribution in [0.3, 0.4) is 0 Å². The van der Waals surface area contributed by atoms with Gasteiger partial charge in [-0.15, -0.1) is 0 Å². The fourth-order valence-electron chi connectivity index (χ4n) is 3.56. The normalized spacial score (nSPS) is 19.6. The third-order valence-corrected chi connectivity index (χ3v) is 9.15. The van der Waals surface area contributed by atoms with E-state index in [1.807, 2.05) is 13.8 Å². The number of carbonyl (C=O) groups excluding carboxylic acids is 1. The molecule has 6 nitrogen and oxygen atoms in total. The Hall–Kier alpha value is -1.88. The smallest absolute Gasteiger partial charge is 0.371 e. The lowest BCUT2D eigenvalue weighted by atomic mass is 9.95. The molecule has 3 atom stereocenters. The Balaban J connectivity index is 0.00000352. The van der Waals surface area contributed by atoms with Crippen LogP contribution < -0.4 is 5.32 Å². The van der Waals surface area contributed by atoms with Gasteiger partial charge in [0, 0.05) is 30.8 Å². The van der Waals surface area contributed by atoms with Crippen molar-refractivity contribution in [1.29, 1.82) is 0 Å². The van der Waals surface area contributed by atoms with Gasteiger partial charge in [0.1, 0.15) is 13.3 Å². The lowest BCUT2D eigenvalue weighted by molar-refractivity contribution is -0.131. The number of hydrogen-bond donors (Lipinski definition) is 1. The first-order valence-corrected chi connectivity index (χ1v) is 14.0. The number of alkyl halides is 5. The molecule has 13 heteroatoms. The van der Waals surface area contributed by atoms with Gasteiger partial charge in [-0.3, -0.25) is 4.79 Å². The van der Waals surface area contributed by atoms with Crippen molar-refractivity contribution in [3.8, 4) is 0 Å². The summed E-state index contributed by atoms with van der Waals surface area (Å²) < 4.78 is 97.8. The lowest BCUT2D eigenvalue weighted by Crippen LogP contribution is -2.46. The number of sulfone groups is 1. The molecule has 1 aromatic carbocycles. The second-order valence-electron chi connectivity index (χ2n) is 8.95. The zero-order chi connectivity index (χ0) is 29.4. The van der Waals surface area contributed by atoms with Crippen molar-refractivity contribution >= 4 is 25.0 Å². The summed E-state index contributed by atoms with van der Waals surface area (Å²) in [5.74, 6) is -1.34. The van der Waals surface area contributed by atoms with E-state index in [9.17, 15) is 35.2 Å². The van der Waals surface area contributed by atoms with Crippen LogP contribution >= 0.6 is 9.24 Å². The number of rotatable bonds is 9. The highest BCUT2D eigenvalue weighted by atomic mass is 32.2. The van der Waals surface area contributed by atoms with Crippen molar-refractivity contribution in [2.24, 2.45) is 5.92 Å². The zero-order valence-corrected chi connectivity index (χ0v) is 24.1. The molecule has 1 N–H and O–H groups in total. The van der Waals surface area contributed by atoms with Gasteiger partial charge in [-0.1, -0.05) is 41.3 Å². The standard InChI is InChI=1S/C23H30F5N2O4PS.C2H6/c1-21(2,36(32,33)19-8-4-6-16(10-19)22(25,35)15-24)18-12-30(20(31)14-34-13-18)9-5-7-17(11-29-3)23(26,27)28;1-2/h4-10,18,29H,11-15,35H2,1-3H3;1-2H3/b9-5+,17-7+;/t18-,22?;/m1./s1. The van der Waals surface area contributed by atoms with Gasteiger partial charge < -0.3 is 15.0 Å². The van der Waals surface area contributed by atoms with E-state index >= 15 is 0 Å². The van der Waals surface area contributed by atoms with E-state index in [2.05, 4.69) is 5.32 Å². The predicted octanol–water partition coefficient (Wildman–Crippen LogP) is 4.93. The van der Waals surface area contributed by atoms with Crippen LogP contribution in [0.15, 0.2) is 53.1 Å². The van der Waals surface area contributed by atoms with Crippen molar-refractivity contribution in [1.82, 2.24) is 10.2 Å². The summed E-state index contributed by atoms with van der Waals surface area (Å²) in [6.07, 6.45) is -1.51. The van der Waals surface area contributed by atoms with Crippen LogP contribution in [0.4, 0.5) is 22.0 Å². The van der Waals surface area contributed by atoms with E-state index in [0.717, 1.165) is 29.3 Å². The summed E-state index contributed by atoms with van der Waals surface area (Å²) in [6, 6.07) is 4.92. The summed E-state index contributed by atoms with van der Waals surface area (Å²) in [5, 5.41) is -0.0306. The molecule has 0 bridgehead atoms. The minimum Gasteiger partial charge on any atom is -0.371 e. The molecule has 1 heterocycles. The number of hydrogen-bond acceptors (Lipinski definition) is 5. The van der Waals surface area contributed by atoms with Gasteiger partial charge in [0.15, 0.2) is 15.2 Å². The van der Waals surface area contributed by atoms with E-state index in [4.69, 9.17) is 4.74 Å². The number of nitrogens with one attached hydrogen (secondary N) is 1. The number of allylic oxidation sites excluding steroid dienone is 2. The number of nitrogens with zero attached hydrogens (tertiary/aromatic N) is 1. The molecule has 1 aliphatic heterocycles. The van der Waals surface area contributed by atoms with Crippen molar-refractivity contribution in [2.75, 3.05) is 40.0 Å². The van der Waals surface area contributed by atoms with Gasteiger partial charge in [-0.25, -0.2) is 17.2 Å². The van der Waals surface area contributed by atoms with Gasteiger partial charge in [0.25, 0.3) is 5.91 Å². The van der Waals surface area contributed by atoms with Crippen LogP contribution in [0.25, 0.3) is 0 Å². The number of amides is 1. The predicted molar refractivity (Wildman–Crippen MR) is 141 cm³/mol.